The molecule has 2 aliphatic rings. The molecule has 0 atom stereocenters. The number of benzene rings is 1. The second kappa shape index (κ2) is 6.80. The molecule has 2 N–H and O–H groups in total. The van der Waals surface area contributed by atoms with Gasteiger partial charge in [0.25, 0.3) is 0 Å². The third kappa shape index (κ3) is 3.58. The van der Waals surface area contributed by atoms with E-state index < -0.39 is 0 Å². The van der Waals surface area contributed by atoms with Crippen LogP contribution in [0.5, 0.6) is 0 Å². The number of hydrogen-bond acceptors (Lipinski definition) is 3. The predicted octanol–water partition coefficient (Wildman–Crippen LogP) is 2.93. The van der Waals surface area contributed by atoms with E-state index in [4.69, 9.17) is 0 Å². The molecule has 0 unspecified atom stereocenters. The van der Waals surface area contributed by atoms with E-state index in [1.165, 1.54) is 62.9 Å². The van der Waals surface area contributed by atoms with Gasteiger partial charge in [0.2, 0.25) is 0 Å². The number of anilines is 1. The minimum atomic E-state index is 0.148. The highest BCUT2D eigenvalue weighted by Crippen LogP contribution is 2.36. The van der Waals surface area contributed by atoms with Crippen molar-refractivity contribution >= 4 is 5.69 Å². The Balaban J connectivity index is 1.49. The van der Waals surface area contributed by atoms with Gasteiger partial charge in [-0.25, -0.2) is 0 Å². The highest BCUT2D eigenvalue weighted by atomic mass is 16.3. The fraction of sp³-hybridized carbons (Fsp3) is 0.667. The first-order chi connectivity index (χ1) is 10.3. The Morgan fingerprint density at radius 3 is 2.29 bits per heavy atom. The van der Waals surface area contributed by atoms with Crippen molar-refractivity contribution in [1.82, 2.24) is 5.32 Å². The summed E-state index contributed by atoms with van der Waals surface area (Å²) in [5.74, 6) is 0. The molecule has 21 heavy (non-hydrogen) atoms. The van der Waals surface area contributed by atoms with Crippen molar-refractivity contribution in [2.45, 2.75) is 45.1 Å². The van der Waals surface area contributed by atoms with Gasteiger partial charge in [-0.1, -0.05) is 25.0 Å². The zero-order chi connectivity index (χ0) is 14.5. The lowest BCUT2D eigenvalue weighted by Crippen LogP contribution is -2.34. The summed E-state index contributed by atoms with van der Waals surface area (Å²) in [5.41, 5.74) is 2.85. The molecule has 116 valence electrons. The van der Waals surface area contributed by atoms with Crippen LogP contribution in [0.2, 0.25) is 0 Å². The zero-order valence-corrected chi connectivity index (χ0v) is 13.0. The molecule has 0 bridgehead atoms. The van der Waals surface area contributed by atoms with E-state index in [2.05, 4.69) is 34.5 Å². The van der Waals surface area contributed by atoms with E-state index in [-0.39, 0.29) is 5.41 Å². The van der Waals surface area contributed by atoms with Crippen LogP contribution in [0.25, 0.3) is 0 Å². The van der Waals surface area contributed by atoms with Crippen molar-refractivity contribution in [3.63, 3.8) is 0 Å². The minimum absolute atomic E-state index is 0.148. The number of nitrogens with one attached hydrogen (secondary N) is 1. The molecule has 1 aromatic carbocycles. The molecule has 3 nitrogen and oxygen atoms in total. The topological polar surface area (TPSA) is 35.5 Å². The average Bonchev–Trinajstić information content (AvgIpc) is 3.20. The normalized spacial score (nSPS) is 21.1. The summed E-state index contributed by atoms with van der Waals surface area (Å²) in [6.45, 7) is 4.58. The second-order valence-electron chi connectivity index (χ2n) is 6.83. The van der Waals surface area contributed by atoms with Crippen LogP contribution in [-0.2, 0) is 6.54 Å². The van der Waals surface area contributed by atoms with E-state index in [0.717, 1.165) is 13.1 Å². The van der Waals surface area contributed by atoms with E-state index in [0.29, 0.717) is 6.61 Å². The van der Waals surface area contributed by atoms with Gasteiger partial charge in [-0.2, -0.15) is 0 Å². The highest BCUT2D eigenvalue weighted by molar-refractivity contribution is 5.48. The number of rotatable bonds is 6. The monoisotopic (exact) mass is 288 g/mol. The summed E-state index contributed by atoms with van der Waals surface area (Å²) < 4.78 is 0. The van der Waals surface area contributed by atoms with Crippen LogP contribution < -0.4 is 10.2 Å². The van der Waals surface area contributed by atoms with Gasteiger partial charge in [0.15, 0.2) is 0 Å². The Morgan fingerprint density at radius 1 is 1.00 bits per heavy atom. The molecule has 0 amide bonds. The van der Waals surface area contributed by atoms with Gasteiger partial charge in [-0.15, -0.1) is 0 Å². The first-order valence-electron chi connectivity index (χ1n) is 8.47. The van der Waals surface area contributed by atoms with Crippen LogP contribution in [0.15, 0.2) is 24.3 Å². The smallest absolute Gasteiger partial charge is 0.0499 e. The lowest BCUT2D eigenvalue weighted by Gasteiger charge is -2.26. The number of aliphatic hydroxyl groups excluding tert-OH is 1. The molecule has 0 radical (unpaired) electrons. The van der Waals surface area contributed by atoms with E-state index >= 15 is 0 Å². The third-order valence-electron chi connectivity index (χ3n) is 5.24. The fourth-order valence-corrected chi connectivity index (χ4v) is 3.79. The van der Waals surface area contributed by atoms with Gasteiger partial charge < -0.3 is 15.3 Å². The summed E-state index contributed by atoms with van der Waals surface area (Å²) in [6, 6.07) is 8.97. The van der Waals surface area contributed by atoms with Crippen molar-refractivity contribution in [2.75, 3.05) is 31.1 Å². The van der Waals surface area contributed by atoms with Gasteiger partial charge in [0, 0.05) is 43.9 Å². The summed E-state index contributed by atoms with van der Waals surface area (Å²) in [4.78, 5) is 2.47. The molecule has 2 fully saturated rings. The van der Waals surface area contributed by atoms with Crippen LogP contribution >= 0.6 is 0 Å². The first-order valence-corrected chi connectivity index (χ1v) is 8.47. The molecule has 0 spiro atoms. The molecule has 1 aliphatic heterocycles. The van der Waals surface area contributed by atoms with Crippen molar-refractivity contribution in [1.29, 1.82) is 0 Å². The second-order valence-corrected chi connectivity index (χ2v) is 6.83. The molecule has 0 aromatic heterocycles. The Kier molecular flexibility index (Phi) is 4.81. The van der Waals surface area contributed by atoms with Crippen molar-refractivity contribution in [3.8, 4) is 0 Å². The van der Waals surface area contributed by atoms with E-state index in [1.807, 2.05) is 0 Å². The Morgan fingerprint density at radius 2 is 1.67 bits per heavy atom. The average molecular weight is 288 g/mol. The van der Waals surface area contributed by atoms with Crippen LogP contribution in [0, 0.1) is 5.41 Å². The van der Waals surface area contributed by atoms with Crippen molar-refractivity contribution in [3.05, 3.63) is 29.8 Å². The van der Waals surface area contributed by atoms with Gasteiger partial charge >= 0.3 is 0 Å². The number of nitrogens with zero attached hydrogens (tertiary/aromatic N) is 1. The number of aliphatic hydroxyl groups is 1. The first kappa shape index (κ1) is 14.9. The maximum Gasteiger partial charge on any atom is 0.0499 e. The lowest BCUT2D eigenvalue weighted by atomic mass is 9.87. The molecule has 3 rings (SSSR count). The van der Waals surface area contributed by atoms with Gasteiger partial charge in [-0.05, 0) is 43.4 Å². The largest absolute Gasteiger partial charge is 0.396 e. The Hall–Kier alpha value is -1.06. The molecule has 1 aliphatic carbocycles. The molecular formula is C18H28N2O. The summed E-state index contributed by atoms with van der Waals surface area (Å²) >= 11 is 0. The minimum Gasteiger partial charge on any atom is -0.396 e. The van der Waals surface area contributed by atoms with Crippen LogP contribution in [-0.4, -0.2) is 31.3 Å². The SMILES string of the molecule is OCC1(CNCc2ccc(N3CCCC3)cc2)CCCC1. The molecule has 3 heteroatoms. The number of hydrogen-bond donors (Lipinski definition) is 2. The Labute approximate surface area is 128 Å². The van der Waals surface area contributed by atoms with E-state index in [1.54, 1.807) is 0 Å². The maximum atomic E-state index is 9.63. The predicted molar refractivity (Wildman–Crippen MR) is 87.6 cm³/mol. The van der Waals surface area contributed by atoms with Crippen LogP contribution in [0.3, 0.4) is 0 Å². The Bertz CT molecular complexity index is 431. The third-order valence-corrected chi connectivity index (χ3v) is 5.24. The van der Waals surface area contributed by atoms with Crippen molar-refractivity contribution in [2.24, 2.45) is 5.41 Å². The zero-order valence-electron chi connectivity index (χ0n) is 13.0. The van der Waals surface area contributed by atoms with E-state index in [9.17, 15) is 5.11 Å². The van der Waals surface area contributed by atoms with Gasteiger partial charge in [0.05, 0.1) is 0 Å². The van der Waals surface area contributed by atoms with Crippen molar-refractivity contribution < 1.29 is 5.11 Å². The lowest BCUT2D eigenvalue weighted by molar-refractivity contribution is 0.128. The maximum absolute atomic E-state index is 9.63. The summed E-state index contributed by atoms with van der Waals surface area (Å²) in [7, 11) is 0. The summed E-state index contributed by atoms with van der Waals surface area (Å²) in [5, 5.41) is 13.2. The fourth-order valence-electron chi connectivity index (χ4n) is 3.79. The molecular weight excluding hydrogens is 260 g/mol. The van der Waals surface area contributed by atoms with Gasteiger partial charge in [0.1, 0.15) is 0 Å². The molecule has 1 saturated carbocycles. The molecule has 1 saturated heterocycles. The quantitative estimate of drug-likeness (QED) is 0.845. The molecule has 1 aromatic rings. The molecule has 1 heterocycles. The standard InChI is InChI=1S/C18H28N2O/c21-15-18(9-1-2-10-18)14-19-13-16-5-7-17(8-6-16)20-11-3-4-12-20/h5-8,19,21H,1-4,9-15H2. The van der Waals surface area contributed by atoms with Crippen LogP contribution in [0.1, 0.15) is 44.1 Å². The van der Waals surface area contributed by atoms with Gasteiger partial charge in [-0.3, -0.25) is 0 Å². The van der Waals surface area contributed by atoms with Crippen LogP contribution in [0.4, 0.5) is 5.69 Å². The highest BCUT2D eigenvalue weighted by Gasteiger charge is 2.32. The summed E-state index contributed by atoms with van der Waals surface area (Å²) in [6.07, 6.45) is 7.54.